The summed E-state index contributed by atoms with van der Waals surface area (Å²) in [5, 5.41) is 0. The Morgan fingerprint density at radius 3 is 1.40 bits per heavy atom. The lowest BCUT2D eigenvalue weighted by Gasteiger charge is -2.08. The topological polar surface area (TPSA) is 18.5 Å². The highest BCUT2D eigenvalue weighted by atomic mass is 16.5. The molecular weight excluding hydrogens is 248 g/mol. The molecule has 0 bridgehead atoms. The van der Waals surface area contributed by atoms with Crippen LogP contribution in [0.1, 0.15) is 0 Å². The molecular formula is C18H13O2. The van der Waals surface area contributed by atoms with Crippen molar-refractivity contribution in [3.05, 3.63) is 84.9 Å². The summed E-state index contributed by atoms with van der Waals surface area (Å²) in [6.45, 7) is 0. The van der Waals surface area contributed by atoms with Crippen LogP contribution in [0.4, 0.5) is 0 Å². The van der Waals surface area contributed by atoms with Crippen molar-refractivity contribution in [2.75, 3.05) is 0 Å². The standard InChI is InChI=1S/C18H13O2/c1-3-8-15(9-4-1)19-17-12-7-13-18(14-17)20-16-10-5-2-6-11-16/h1-13H. The van der Waals surface area contributed by atoms with E-state index in [0.29, 0.717) is 11.5 Å². The first-order chi connectivity index (χ1) is 9.90. The van der Waals surface area contributed by atoms with Crippen LogP contribution in [-0.4, -0.2) is 0 Å². The Balaban J connectivity index is 1.76. The van der Waals surface area contributed by atoms with Gasteiger partial charge in [0.1, 0.15) is 23.0 Å². The number of hydrogen-bond acceptors (Lipinski definition) is 2. The molecule has 20 heavy (non-hydrogen) atoms. The molecule has 2 nitrogen and oxygen atoms in total. The highest BCUT2D eigenvalue weighted by Crippen LogP contribution is 2.27. The summed E-state index contributed by atoms with van der Waals surface area (Å²) in [6, 6.07) is 27.9. The first-order valence-electron chi connectivity index (χ1n) is 6.38. The van der Waals surface area contributed by atoms with Crippen molar-refractivity contribution in [3.63, 3.8) is 0 Å². The molecule has 0 saturated carbocycles. The van der Waals surface area contributed by atoms with Crippen LogP contribution in [0.25, 0.3) is 0 Å². The minimum absolute atomic E-state index is 0.629. The second-order valence-electron chi connectivity index (χ2n) is 4.21. The summed E-state index contributed by atoms with van der Waals surface area (Å²) in [4.78, 5) is 0. The lowest BCUT2D eigenvalue weighted by atomic mass is 10.3. The van der Waals surface area contributed by atoms with Crippen molar-refractivity contribution in [1.29, 1.82) is 0 Å². The predicted molar refractivity (Wildman–Crippen MR) is 78.3 cm³/mol. The predicted octanol–water partition coefficient (Wildman–Crippen LogP) is 5.07. The van der Waals surface area contributed by atoms with E-state index in [2.05, 4.69) is 6.07 Å². The first-order valence-corrected chi connectivity index (χ1v) is 6.38. The Morgan fingerprint density at radius 2 is 0.950 bits per heavy atom. The maximum Gasteiger partial charge on any atom is 0.139 e. The molecule has 97 valence electrons. The second-order valence-corrected chi connectivity index (χ2v) is 4.21. The van der Waals surface area contributed by atoms with Gasteiger partial charge in [-0.1, -0.05) is 42.5 Å². The third kappa shape index (κ3) is 3.18. The summed E-state index contributed by atoms with van der Waals surface area (Å²) >= 11 is 0. The zero-order chi connectivity index (χ0) is 13.6. The summed E-state index contributed by atoms with van der Waals surface area (Å²) in [7, 11) is 0. The van der Waals surface area contributed by atoms with Gasteiger partial charge in [-0.15, -0.1) is 0 Å². The molecule has 0 unspecified atom stereocenters. The highest BCUT2D eigenvalue weighted by molar-refractivity contribution is 5.37. The largest absolute Gasteiger partial charge is 0.457 e. The molecule has 3 rings (SSSR count). The normalized spacial score (nSPS) is 10.0. The third-order valence-electron chi connectivity index (χ3n) is 2.68. The molecule has 0 N–H and O–H groups in total. The molecule has 0 aliphatic carbocycles. The number of benzene rings is 3. The van der Waals surface area contributed by atoms with Gasteiger partial charge in [-0.2, -0.15) is 0 Å². The van der Waals surface area contributed by atoms with Crippen LogP contribution in [-0.2, 0) is 0 Å². The average molecular weight is 261 g/mol. The van der Waals surface area contributed by atoms with Crippen LogP contribution in [0.15, 0.2) is 78.9 Å². The molecule has 0 amide bonds. The van der Waals surface area contributed by atoms with Gasteiger partial charge >= 0.3 is 0 Å². The van der Waals surface area contributed by atoms with Gasteiger partial charge in [0.25, 0.3) is 0 Å². The zero-order valence-electron chi connectivity index (χ0n) is 10.8. The van der Waals surface area contributed by atoms with Gasteiger partial charge in [0.05, 0.1) is 6.07 Å². The minimum atomic E-state index is 0.629. The van der Waals surface area contributed by atoms with Crippen LogP contribution < -0.4 is 9.47 Å². The van der Waals surface area contributed by atoms with E-state index in [4.69, 9.17) is 9.47 Å². The number of rotatable bonds is 4. The molecule has 1 radical (unpaired) electrons. The van der Waals surface area contributed by atoms with Gasteiger partial charge in [0.15, 0.2) is 0 Å². The molecule has 3 aromatic rings. The fourth-order valence-electron chi connectivity index (χ4n) is 1.78. The Labute approximate surface area is 118 Å². The van der Waals surface area contributed by atoms with Gasteiger partial charge in [-0.05, 0) is 36.4 Å². The average Bonchev–Trinajstić information content (AvgIpc) is 2.50. The molecule has 0 heterocycles. The molecule has 0 spiro atoms. The Bertz CT molecular complexity index is 607. The molecule has 2 heteroatoms. The monoisotopic (exact) mass is 261 g/mol. The molecule has 0 aromatic heterocycles. The highest BCUT2D eigenvalue weighted by Gasteiger charge is 2.01. The lowest BCUT2D eigenvalue weighted by molar-refractivity contribution is 0.458. The summed E-state index contributed by atoms with van der Waals surface area (Å²) in [5.41, 5.74) is 0. The fourth-order valence-corrected chi connectivity index (χ4v) is 1.78. The number of ether oxygens (including phenoxy) is 2. The van der Waals surface area contributed by atoms with Crippen LogP contribution in [0.5, 0.6) is 23.0 Å². The third-order valence-corrected chi connectivity index (χ3v) is 2.68. The van der Waals surface area contributed by atoms with E-state index in [0.717, 1.165) is 11.5 Å². The van der Waals surface area contributed by atoms with Crippen molar-refractivity contribution < 1.29 is 9.47 Å². The minimum Gasteiger partial charge on any atom is -0.457 e. The van der Waals surface area contributed by atoms with Crippen LogP contribution in [0.2, 0.25) is 0 Å². The lowest BCUT2D eigenvalue weighted by Crippen LogP contribution is -1.87. The molecule has 0 atom stereocenters. The van der Waals surface area contributed by atoms with Gasteiger partial charge in [0.2, 0.25) is 0 Å². The number of hydrogen-bond donors (Lipinski definition) is 0. The summed E-state index contributed by atoms with van der Waals surface area (Å²) in [6.07, 6.45) is 0. The summed E-state index contributed by atoms with van der Waals surface area (Å²) in [5.74, 6) is 2.82. The van der Waals surface area contributed by atoms with E-state index < -0.39 is 0 Å². The van der Waals surface area contributed by atoms with Gasteiger partial charge < -0.3 is 9.47 Å². The fraction of sp³-hybridized carbons (Fsp3) is 0. The molecule has 0 saturated heterocycles. The maximum atomic E-state index is 5.72. The van der Waals surface area contributed by atoms with Crippen molar-refractivity contribution in [2.24, 2.45) is 0 Å². The number of para-hydroxylation sites is 2. The van der Waals surface area contributed by atoms with Gasteiger partial charge in [0, 0.05) is 0 Å². The van der Waals surface area contributed by atoms with E-state index in [9.17, 15) is 0 Å². The quantitative estimate of drug-likeness (QED) is 0.652. The van der Waals surface area contributed by atoms with Crippen molar-refractivity contribution >= 4 is 0 Å². The first kappa shape index (κ1) is 12.3. The van der Waals surface area contributed by atoms with Crippen molar-refractivity contribution in [3.8, 4) is 23.0 Å². The van der Waals surface area contributed by atoms with E-state index in [1.165, 1.54) is 0 Å². The van der Waals surface area contributed by atoms with Crippen molar-refractivity contribution in [1.82, 2.24) is 0 Å². The second kappa shape index (κ2) is 5.93. The van der Waals surface area contributed by atoms with E-state index >= 15 is 0 Å². The van der Waals surface area contributed by atoms with Crippen LogP contribution >= 0.6 is 0 Å². The van der Waals surface area contributed by atoms with Gasteiger partial charge in [-0.25, -0.2) is 0 Å². The Morgan fingerprint density at radius 1 is 0.500 bits per heavy atom. The smallest absolute Gasteiger partial charge is 0.139 e. The van der Waals surface area contributed by atoms with E-state index in [1.807, 2.05) is 78.9 Å². The van der Waals surface area contributed by atoms with E-state index in [-0.39, 0.29) is 0 Å². The zero-order valence-corrected chi connectivity index (χ0v) is 10.8. The van der Waals surface area contributed by atoms with E-state index in [1.54, 1.807) is 0 Å². The molecule has 0 aliphatic heterocycles. The molecule has 0 aliphatic rings. The van der Waals surface area contributed by atoms with Crippen molar-refractivity contribution in [2.45, 2.75) is 0 Å². The Kier molecular flexibility index (Phi) is 3.65. The molecule has 0 fully saturated rings. The van der Waals surface area contributed by atoms with Crippen LogP contribution in [0, 0.1) is 6.07 Å². The van der Waals surface area contributed by atoms with Gasteiger partial charge in [-0.3, -0.25) is 0 Å². The SMILES string of the molecule is [c]1c(Oc2ccccc2)cccc1Oc1ccccc1. The Hall–Kier alpha value is -2.74. The summed E-state index contributed by atoms with van der Waals surface area (Å²) < 4.78 is 11.4. The maximum absolute atomic E-state index is 5.72. The molecule has 3 aromatic carbocycles. The van der Waals surface area contributed by atoms with Crippen LogP contribution in [0.3, 0.4) is 0 Å².